The highest BCUT2D eigenvalue weighted by Crippen LogP contribution is 2.20. The number of carbonyl (C=O) groups excluding carboxylic acids is 1. The number of amides is 1. The van der Waals surface area contributed by atoms with Gasteiger partial charge in [0.15, 0.2) is 5.16 Å². The van der Waals surface area contributed by atoms with E-state index in [1.807, 2.05) is 63.2 Å². The summed E-state index contributed by atoms with van der Waals surface area (Å²) in [6.45, 7) is 6.68. The fourth-order valence-corrected chi connectivity index (χ4v) is 3.89. The molecule has 2 aromatic carbocycles. The summed E-state index contributed by atoms with van der Waals surface area (Å²) in [5.74, 6) is 0.845. The molecule has 1 heterocycles. The van der Waals surface area contributed by atoms with Crippen LogP contribution >= 0.6 is 11.8 Å². The summed E-state index contributed by atoms with van der Waals surface area (Å²) < 4.78 is 7.28. The van der Waals surface area contributed by atoms with E-state index in [-0.39, 0.29) is 23.3 Å². The van der Waals surface area contributed by atoms with Crippen molar-refractivity contribution >= 4 is 28.6 Å². The standard InChI is InChI=1S/C22H25N3O3S/c1-15(2)25-21(27)18-9-4-5-10-19(18)24-22(25)29-14-20(26)23-11-12-28-17-8-6-7-16(3)13-17/h4-10,13,15H,11-12,14H2,1-3H3,(H,23,26). The van der Waals surface area contributed by atoms with Crippen molar-refractivity contribution in [3.8, 4) is 5.75 Å². The van der Waals surface area contributed by atoms with Gasteiger partial charge in [0.2, 0.25) is 5.91 Å². The predicted octanol–water partition coefficient (Wildman–Crippen LogP) is 3.57. The molecule has 0 saturated carbocycles. The molecule has 1 aromatic heterocycles. The molecule has 3 rings (SSSR count). The van der Waals surface area contributed by atoms with Crippen molar-refractivity contribution in [2.75, 3.05) is 18.9 Å². The lowest BCUT2D eigenvalue weighted by Crippen LogP contribution is -2.30. The van der Waals surface area contributed by atoms with Gasteiger partial charge in [-0.05, 0) is 50.6 Å². The van der Waals surface area contributed by atoms with Crippen LogP contribution in [0, 0.1) is 6.92 Å². The van der Waals surface area contributed by atoms with Gasteiger partial charge in [-0.2, -0.15) is 0 Å². The van der Waals surface area contributed by atoms with Gasteiger partial charge in [-0.15, -0.1) is 0 Å². The zero-order valence-electron chi connectivity index (χ0n) is 16.8. The maximum absolute atomic E-state index is 12.8. The molecule has 7 heteroatoms. The number of carbonyl (C=O) groups is 1. The van der Waals surface area contributed by atoms with Crippen molar-refractivity contribution in [3.63, 3.8) is 0 Å². The summed E-state index contributed by atoms with van der Waals surface area (Å²) in [5.41, 5.74) is 1.69. The van der Waals surface area contributed by atoms with Crippen LogP contribution in [0.5, 0.6) is 5.75 Å². The molecule has 0 unspecified atom stereocenters. The second-order valence-electron chi connectivity index (χ2n) is 6.98. The van der Waals surface area contributed by atoms with Crippen molar-refractivity contribution in [3.05, 3.63) is 64.4 Å². The number of aryl methyl sites for hydroxylation is 1. The van der Waals surface area contributed by atoms with Crippen LogP contribution in [0.1, 0.15) is 25.5 Å². The number of benzene rings is 2. The van der Waals surface area contributed by atoms with E-state index in [2.05, 4.69) is 10.3 Å². The van der Waals surface area contributed by atoms with Crippen molar-refractivity contribution in [2.45, 2.75) is 32.0 Å². The second kappa shape index (κ2) is 9.60. The molecule has 0 aliphatic rings. The molecule has 0 aliphatic heterocycles. The van der Waals surface area contributed by atoms with Gasteiger partial charge >= 0.3 is 0 Å². The Kier molecular flexibility index (Phi) is 6.93. The number of thioether (sulfide) groups is 1. The first-order chi connectivity index (χ1) is 14.0. The number of rotatable bonds is 8. The average Bonchev–Trinajstić information content (AvgIpc) is 2.69. The quantitative estimate of drug-likeness (QED) is 0.348. The largest absolute Gasteiger partial charge is 0.492 e. The maximum atomic E-state index is 12.8. The Morgan fingerprint density at radius 3 is 2.76 bits per heavy atom. The molecule has 0 atom stereocenters. The van der Waals surface area contributed by atoms with E-state index in [4.69, 9.17) is 4.74 Å². The number of nitrogens with one attached hydrogen (secondary N) is 1. The van der Waals surface area contributed by atoms with E-state index in [1.165, 1.54) is 11.8 Å². The molecule has 0 fully saturated rings. The van der Waals surface area contributed by atoms with Crippen molar-refractivity contribution in [1.29, 1.82) is 0 Å². The zero-order chi connectivity index (χ0) is 20.8. The lowest BCUT2D eigenvalue weighted by molar-refractivity contribution is -0.118. The zero-order valence-corrected chi connectivity index (χ0v) is 17.7. The van der Waals surface area contributed by atoms with Crippen LogP contribution in [-0.2, 0) is 4.79 Å². The summed E-state index contributed by atoms with van der Waals surface area (Å²) in [6, 6.07) is 15.0. The molecule has 0 aliphatic carbocycles. The van der Waals surface area contributed by atoms with Crippen LogP contribution in [0.15, 0.2) is 58.5 Å². The van der Waals surface area contributed by atoms with Crippen LogP contribution in [0.2, 0.25) is 0 Å². The summed E-state index contributed by atoms with van der Waals surface area (Å²) in [4.78, 5) is 29.6. The van der Waals surface area contributed by atoms with Gasteiger partial charge in [-0.1, -0.05) is 36.0 Å². The Hall–Kier alpha value is -2.80. The fraction of sp³-hybridized carbons (Fsp3) is 0.318. The molecule has 0 spiro atoms. The van der Waals surface area contributed by atoms with E-state index in [1.54, 1.807) is 10.6 Å². The summed E-state index contributed by atoms with van der Waals surface area (Å²) in [5, 5.41) is 3.98. The Balaban J connectivity index is 1.57. The third-order valence-electron chi connectivity index (χ3n) is 4.31. The summed E-state index contributed by atoms with van der Waals surface area (Å²) >= 11 is 1.27. The molecule has 0 saturated heterocycles. The normalized spacial score (nSPS) is 11.0. The first kappa shape index (κ1) is 20.9. The van der Waals surface area contributed by atoms with Crippen LogP contribution < -0.4 is 15.6 Å². The Morgan fingerprint density at radius 2 is 2.00 bits per heavy atom. The number of aromatic nitrogens is 2. The minimum Gasteiger partial charge on any atom is -0.492 e. The summed E-state index contributed by atoms with van der Waals surface area (Å²) in [7, 11) is 0. The molecule has 152 valence electrons. The number of hydrogen-bond acceptors (Lipinski definition) is 5. The highest BCUT2D eigenvalue weighted by Gasteiger charge is 2.15. The van der Waals surface area contributed by atoms with Crippen LogP contribution in [-0.4, -0.2) is 34.4 Å². The number of para-hydroxylation sites is 1. The van der Waals surface area contributed by atoms with E-state index < -0.39 is 0 Å². The van der Waals surface area contributed by atoms with Crippen LogP contribution in [0.3, 0.4) is 0 Å². The Labute approximate surface area is 174 Å². The van der Waals surface area contributed by atoms with Gasteiger partial charge in [0.1, 0.15) is 12.4 Å². The molecule has 3 aromatic rings. The predicted molar refractivity (Wildman–Crippen MR) is 117 cm³/mol. The Morgan fingerprint density at radius 1 is 1.21 bits per heavy atom. The van der Waals surface area contributed by atoms with E-state index >= 15 is 0 Å². The van der Waals surface area contributed by atoms with Crippen LogP contribution in [0.25, 0.3) is 10.9 Å². The minimum atomic E-state index is -0.124. The topological polar surface area (TPSA) is 73.2 Å². The number of hydrogen-bond donors (Lipinski definition) is 1. The number of nitrogens with zero attached hydrogens (tertiary/aromatic N) is 2. The molecular weight excluding hydrogens is 386 g/mol. The van der Waals surface area contributed by atoms with Gasteiger partial charge < -0.3 is 10.1 Å². The number of fused-ring (bicyclic) bond motifs is 1. The van der Waals surface area contributed by atoms with Gasteiger partial charge in [0.25, 0.3) is 5.56 Å². The van der Waals surface area contributed by atoms with E-state index in [9.17, 15) is 9.59 Å². The van der Waals surface area contributed by atoms with Gasteiger partial charge in [-0.25, -0.2) is 4.98 Å². The maximum Gasteiger partial charge on any atom is 0.262 e. The fourth-order valence-electron chi connectivity index (χ4n) is 2.93. The third kappa shape index (κ3) is 5.38. The average molecular weight is 412 g/mol. The molecule has 1 amide bonds. The highest BCUT2D eigenvalue weighted by molar-refractivity contribution is 7.99. The molecule has 0 bridgehead atoms. The molecular formula is C22H25N3O3S. The first-order valence-electron chi connectivity index (χ1n) is 9.56. The van der Waals surface area contributed by atoms with Crippen molar-refractivity contribution < 1.29 is 9.53 Å². The van der Waals surface area contributed by atoms with Gasteiger partial charge in [-0.3, -0.25) is 14.2 Å². The molecule has 6 nitrogen and oxygen atoms in total. The van der Waals surface area contributed by atoms with Crippen LogP contribution in [0.4, 0.5) is 0 Å². The SMILES string of the molecule is Cc1cccc(OCCNC(=O)CSc2nc3ccccc3c(=O)n2C(C)C)c1. The monoisotopic (exact) mass is 411 g/mol. The van der Waals surface area contributed by atoms with Crippen molar-refractivity contribution in [1.82, 2.24) is 14.9 Å². The third-order valence-corrected chi connectivity index (χ3v) is 5.26. The van der Waals surface area contributed by atoms with Gasteiger partial charge in [0.05, 0.1) is 23.2 Å². The van der Waals surface area contributed by atoms with Crippen molar-refractivity contribution in [2.24, 2.45) is 0 Å². The van der Waals surface area contributed by atoms with E-state index in [0.29, 0.717) is 29.2 Å². The Bertz CT molecular complexity index is 1060. The summed E-state index contributed by atoms with van der Waals surface area (Å²) in [6.07, 6.45) is 0. The van der Waals surface area contributed by atoms with Gasteiger partial charge in [0, 0.05) is 6.04 Å². The molecule has 29 heavy (non-hydrogen) atoms. The second-order valence-corrected chi connectivity index (χ2v) is 7.93. The number of ether oxygens (including phenoxy) is 1. The molecule has 1 N–H and O–H groups in total. The lowest BCUT2D eigenvalue weighted by Gasteiger charge is -2.16. The first-order valence-corrected chi connectivity index (χ1v) is 10.5. The minimum absolute atomic E-state index is 0.0482. The lowest BCUT2D eigenvalue weighted by atomic mass is 10.2. The smallest absolute Gasteiger partial charge is 0.262 e. The molecule has 0 radical (unpaired) electrons. The highest BCUT2D eigenvalue weighted by atomic mass is 32.2. The van der Waals surface area contributed by atoms with E-state index in [0.717, 1.165) is 11.3 Å².